The lowest BCUT2D eigenvalue weighted by Crippen LogP contribution is -1.88. The van der Waals surface area contributed by atoms with E-state index in [1.165, 1.54) is 31.1 Å². The molecule has 0 saturated carbocycles. The molecule has 2 heterocycles. The van der Waals surface area contributed by atoms with Gasteiger partial charge in [-0.3, -0.25) is 0 Å². The van der Waals surface area contributed by atoms with Gasteiger partial charge >= 0.3 is 0 Å². The molecule has 0 spiro atoms. The fourth-order valence-corrected chi connectivity index (χ4v) is 4.35. The zero-order valence-corrected chi connectivity index (χ0v) is 11.7. The lowest BCUT2D eigenvalue weighted by atomic mass is 10.00. The average Bonchev–Trinajstić information content (AvgIpc) is 3.04. The van der Waals surface area contributed by atoms with Crippen molar-refractivity contribution in [3.8, 4) is 0 Å². The minimum atomic E-state index is 1.05. The van der Waals surface area contributed by atoms with Crippen LogP contribution in [0.3, 0.4) is 0 Å². The van der Waals surface area contributed by atoms with Gasteiger partial charge in [0.05, 0.1) is 0 Å². The molecule has 0 bridgehead atoms. The minimum absolute atomic E-state index is 1.05. The van der Waals surface area contributed by atoms with Crippen LogP contribution >= 0.6 is 11.3 Å². The number of allylic oxidation sites excluding steroid dienone is 1. The minimum Gasteiger partial charge on any atom is -0.456 e. The SMILES string of the molecule is C1=Cc2oc3c(ccc4sc5ccccc5c43)c2CC1. The summed E-state index contributed by atoms with van der Waals surface area (Å²) in [6.07, 6.45) is 6.53. The fraction of sp³-hybridized carbons (Fsp3) is 0.111. The molecule has 0 saturated heterocycles. The van der Waals surface area contributed by atoms with Crippen molar-refractivity contribution in [2.24, 2.45) is 0 Å². The summed E-state index contributed by atoms with van der Waals surface area (Å²) in [4.78, 5) is 0. The van der Waals surface area contributed by atoms with Crippen molar-refractivity contribution in [3.63, 3.8) is 0 Å². The van der Waals surface area contributed by atoms with Crippen LogP contribution < -0.4 is 0 Å². The van der Waals surface area contributed by atoms with Crippen LogP contribution in [-0.2, 0) is 6.42 Å². The molecule has 0 amide bonds. The highest BCUT2D eigenvalue weighted by Gasteiger charge is 2.18. The van der Waals surface area contributed by atoms with Crippen molar-refractivity contribution in [1.82, 2.24) is 0 Å². The van der Waals surface area contributed by atoms with Gasteiger partial charge < -0.3 is 4.42 Å². The van der Waals surface area contributed by atoms with Crippen LogP contribution in [0.1, 0.15) is 17.7 Å². The Morgan fingerprint density at radius 1 is 0.950 bits per heavy atom. The molecule has 1 aliphatic carbocycles. The van der Waals surface area contributed by atoms with E-state index in [4.69, 9.17) is 4.42 Å². The summed E-state index contributed by atoms with van der Waals surface area (Å²) >= 11 is 1.84. The number of aryl methyl sites for hydroxylation is 1. The van der Waals surface area contributed by atoms with Crippen LogP contribution in [0.25, 0.3) is 37.2 Å². The van der Waals surface area contributed by atoms with Gasteiger partial charge in [-0.05, 0) is 37.1 Å². The highest BCUT2D eigenvalue weighted by atomic mass is 32.1. The lowest BCUT2D eigenvalue weighted by molar-refractivity contribution is 0.598. The summed E-state index contributed by atoms with van der Waals surface area (Å²) in [5.41, 5.74) is 2.44. The number of benzene rings is 2. The molecule has 2 heteroatoms. The molecule has 96 valence electrons. The Morgan fingerprint density at radius 3 is 2.90 bits per heavy atom. The van der Waals surface area contributed by atoms with Crippen LogP contribution in [-0.4, -0.2) is 0 Å². The van der Waals surface area contributed by atoms with Crippen molar-refractivity contribution < 1.29 is 4.42 Å². The van der Waals surface area contributed by atoms with E-state index in [1.54, 1.807) is 0 Å². The molecule has 0 radical (unpaired) electrons. The number of furan rings is 1. The summed E-state index contributed by atoms with van der Waals surface area (Å²) in [5, 5.41) is 3.89. The van der Waals surface area contributed by atoms with Gasteiger partial charge in [0.1, 0.15) is 11.3 Å². The van der Waals surface area contributed by atoms with E-state index in [2.05, 4.69) is 48.6 Å². The van der Waals surface area contributed by atoms with Gasteiger partial charge in [-0.2, -0.15) is 0 Å². The van der Waals surface area contributed by atoms with Crippen LogP contribution in [0.15, 0.2) is 46.9 Å². The predicted molar refractivity (Wildman–Crippen MR) is 86.5 cm³/mol. The smallest absolute Gasteiger partial charge is 0.144 e. The standard InChI is InChI=1S/C18H12OS/c1-3-7-14-11(5-1)12-9-10-16-17(18(12)19-14)13-6-2-4-8-15(13)20-16/h2-4,6-10H,1,5H2. The third-order valence-electron chi connectivity index (χ3n) is 4.16. The van der Waals surface area contributed by atoms with Gasteiger partial charge in [-0.25, -0.2) is 0 Å². The quantitative estimate of drug-likeness (QED) is 0.398. The van der Waals surface area contributed by atoms with Crippen LogP contribution in [0.5, 0.6) is 0 Å². The van der Waals surface area contributed by atoms with E-state index in [0.717, 1.165) is 24.2 Å². The summed E-state index contributed by atoms with van der Waals surface area (Å²) in [6.45, 7) is 0. The van der Waals surface area contributed by atoms with Gasteiger partial charge in [0, 0.05) is 31.1 Å². The Kier molecular flexibility index (Phi) is 2.00. The highest BCUT2D eigenvalue weighted by Crippen LogP contribution is 2.41. The first-order chi connectivity index (χ1) is 9.92. The summed E-state index contributed by atoms with van der Waals surface area (Å²) < 4.78 is 8.84. The number of fused-ring (bicyclic) bond motifs is 7. The molecule has 0 aliphatic heterocycles. The van der Waals surface area contributed by atoms with E-state index >= 15 is 0 Å². The summed E-state index contributed by atoms with van der Waals surface area (Å²) in [6, 6.07) is 13.1. The lowest BCUT2D eigenvalue weighted by Gasteiger charge is -2.01. The molecule has 0 fully saturated rings. The predicted octanol–water partition coefficient (Wildman–Crippen LogP) is 5.76. The van der Waals surface area contributed by atoms with E-state index in [0.29, 0.717) is 0 Å². The number of rotatable bonds is 0. The monoisotopic (exact) mass is 276 g/mol. The molecule has 4 aromatic rings. The second kappa shape index (κ2) is 3.74. The molecule has 2 aromatic carbocycles. The van der Waals surface area contributed by atoms with Gasteiger partial charge in [0.25, 0.3) is 0 Å². The normalized spacial score (nSPS) is 14.4. The molecule has 0 N–H and O–H groups in total. The fourth-order valence-electron chi connectivity index (χ4n) is 3.24. The second-order valence-electron chi connectivity index (χ2n) is 5.30. The first-order valence-electron chi connectivity index (χ1n) is 6.94. The van der Waals surface area contributed by atoms with E-state index < -0.39 is 0 Å². The largest absolute Gasteiger partial charge is 0.456 e. The maximum Gasteiger partial charge on any atom is 0.144 e. The zero-order chi connectivity index (χ0) is 13.1. The van der Waals surface area contributed by atoms with Crippen LogP contribution in [0, 0.1) is 0 Å². The molecule has 20 heavy (non-hydrogen) atoms. The summed E-state index contributed by atoms with van der Waals surface area (Å²) in [5.74, 6) is 1.05. The second-order valence-corrected chi connectivity index (χ2v) is 6.38. The van der Waals surface area contributed by atoms with Crippen molar-refractivity contribution in [2.45, 2.75) is 12.8 Å². The Bertz CT molecular complexity index is 1000. The average molecular weight is 276 g/mol. The Balaban J connectivity index is 2.05. The van der Waals surface area contributed by atoms with Gasteiger partial charge in [-0.1, -0.05) is 24.3 Å². The number of hydrogen-bond donors (Lipinski definition) is 0. The van der Waals surface area contributed by atoms with Gasteiger partial charge in [0.15, 0.2) is 0 Å². The molecular formula is C18H12OS. The Hall–Kier alpha value is -2.06. The molecule has 1 nitrogen and oxygen atoms in total. The van der Waals surface area contributed by atoms with E-state index in [-0.39, 0.29) is 0 Å². The number of hydrogen-bond acceptors (Lipinski definition) is 2. The van der Waals surface area contributed by atoms with Crippen molar-refractivity contribution >= 4 is 48.6 Å². The van der Waals surface area contributed by atoms with Gasteiger partial charge in [0.2, 0.25) is 0 Å². The molecule has 5 rings (SSSR count). The van der Waals surface area contributed by atoms with Crippen molar-refractivity contribution in [1.29, 1.82) is 0 Å². The van der Waals surface area contributed by atoms with Crippen LogP contribution in [0.2, 0.25) is 0 Å². The molecule has 2 aromatic heterocycles. The topological polar surface area (TPSA) is 13.1 Å². The Labute approximate surface area is 120 Å². The van der Waals surface area contributed by atoms with E-state index in [9.17, 15) is 0 Å². The maximum absolute atomic E-state index is 6.19. The summed E-state index contributed by atoms with van der Waals surface area (Å²) in [7, 11) is 0. The van der Waals surface area contributed by atoms with Crippen molar-refractivity contribution in [3.05, 3.63) is 53.8 Å². The molecule has 0 unspecified atom stereocenters. The van der Waals surface area contributed by atoms with Gasteiger partial charge in [-0.15, -0.1) is 11.3 Å². The first kappa shape index (κ1) is 10.7. The zero-order valence-electron chi connectivity index (χ0n) is 10.8. The van der Waals surface area contributed by atoms with Crippen molar-refractivity contribution in [2.75, 3.05) is 0 Å². The molecule has 1 aliphatic rings. The number of thiophene rings is 1. The third-order valence-corrected chi connectivity index (χ3v) is 5.30. The van der Waals surface area contributed by atoms with E-state index in [1.807, 2.05) is 11.3 Å². The Morgan fingerprint density at radius 2 is 1.90 bits per heavy atom. The molecular weight excluding hydrogens is 264 g/mol. The maximum atomic E-state index is 6.19. The van der Waals surface area contributed by atoms with Crippen LogP contribution in [0.4, 0.5) is 0 Å². The first-order valence-corrected chi connectivity index (χ1v) is 7.75. The molecule has 0 atom stereocenters. The highest BCUT2D eigenvalue weighted by molar-refractivity contribution is 7.26. The third kappa shape index (κ3) is 1.27.